The maximum absolute atomic E-state index is 6.02. The predicted octanol–water partition coefficient (Wildman–Crippen LogP) is 4.46. The van der Waals surface area contributed by atoms with Crippen molar-refractivity contribution in [2.75, 3.05) is 0 Å². The van der Waals surface area contributed by atoms with Crippen molar-refractivity contribution in [2.24, 2.45) is 0 Å². The van der Waals surface area contributed by atoms with Crippen LogP contribution in [0.4, 0.5) is 0 Å². The van der Waals surface area contributed by atoms with Crippen molar-refractivity contribution in [3.05, 3.63) is 19.8 Å². The highest BCUT2D eigenvalue weighted by Gasteiger charge is 2.19. The molecule has 0 spiro atoms. The van der Waals surface area contributed by atoms with Gasteiger partial charge in [0.15, 0.2) is 0 Å². The van der Waals surface area contributed by atoms with Crippen molar-refractivity contribution >= 4 is 38.9 Å². The summed E-state index contributed by atoms with van der Waals surface area (Å²) in [6.45, 7) is 6.48. The smallest absolute Gasteiger partial charge is 0.0977 e. The van der Waals surface area contributed by atoms with Crippen LogP contribution in [0.25, 0.3) is 0 Å². The van der Waals surface area contributed by atoms with Gasteiger partial charge in [-0.05, 0) is 33.0 Å². The Hall–Kier alpha value is 0.470. The van der Waals surface area contributed by atoms with E-state index < -0.39 is 0 Å². The van der Waals surface area contributed by atoms with Gasteiger partial charge in [-0.1, -0.05) is 32.4 Å². The minimum Gasteiger partial charge on any atom is -0.116 e. The lowest BCUT2D eigenvalue weighted by molar-refractivity contribution is 0.593. The third-order valence-corrected chi connectivity index (χ3v) is 3.33. The van der Waals surface area contributed by atoms with Gasteiger partial charge in [0.25, 0.3) is 0 Å². The lowest BCUT2D eigenvalue weighted by atomic mass is 9.89. The van der Waals surface area contributed by atoms with Crippen LogP contribution in [0.3, 0.4) is 0 Å². The summed E-state index contributed by atoms with van der Waals surface area (Å²) in [5.74, 6) is 0. The van der Waals surface area contributed by atoms with Crippen molar-refractivity contribution in [3.8, 4) is 0 Å². The molecule has 0 unspecified atom stereocenters. The van der Waals surface area contributed by atoms with Crippen LogP contribution in [0, 0.1) is 0 Å². The first-order valence-electron chi connectivity index (χ1n) is 3.36. The molecule has 0 atom stereocenters. The standard InChI is InChI=1S/C8H10BrClS/c1-8(2,3)5-4-6(9)11-7(5)10/h4H,1-3H3. The minimum absolute atomic E-state index is 0.152. The van der Waals surface area contributed by atoms with Crippen molar-refractivity contribution < 1.29 is 0 Å². The summed E-state index contributed by atoms with van der Waals surface area (Å²) in [5.41, 5.74) is 1.37. The first kappa shape index (κ1) is 9.56. The molecule has 0 fully saturated rings. The van der Waals surface area contributed by atoms with Crippen molar-refractivity contribution in [1.29, 1.82) is 0 Å². The van der Waals surface area contributed by atoms with E-state index in [2.05, 4.69) is 42.8 Å². The predicted molar refractivity (Wildman–Crippen MR) is 55.7 cm³/mol. The largest absolute Gasteiger partial charge is 0.116 e. The third kappa shape index (κ3) is 2.20. The Morgan fingerprint density at radius 1 is 1.45 bits per heavy atom. The molecule has 11 heavy (non-hydrogen) atoms. The first-order valence-corrected chi connectivity index (χ1v) is 5.35. The third-order valence-electron chi connectivity index (χ3n) is 1.46. The summed E-state index contributed by atoms with van der Waals surface area (Å²) in [7, 11) is 0. The monoisotopic (exact) mass is 252 g/mol. The van der Waals surface area contributed by atoms with E-state index in [0.29, 0.717) is 0 Å². The van der Waals surface area contributed by atoms with Gasteiger partial charge in [0.1, 0.15) is 0 Å². The van der Waals surface area contributed by atoms with Crippen LogP contribution in [0.2, 0.25) is 4.34 Å². The second-order valence-corrected chi connectivity index (χ2v) is 6.52. The molecule has 0 radical (unpaired) electrons. The van der Waals surface area contributed by atoms with Crippen molar-refractivity contribution in [3.63, 3.8) is 0 Å². The Kier molecular flexibility index (Phi) is 2.67. The molecule has 0 aliphatic rings. The van der Waals surface area contributed by atoms with Gasteiger partial charge in [-0.3, -0.25) is 0 Å². The molecule has 0 nitrogen and oxygen atoms in total. The molecule has 0 amide bonds. The molecular weight excluding hydrogens is 244 g/mol. The topological polar surface area (TPSA) is 0 Å². The highest BCUT2D eigenvalue weighted by molar-refractivity contribution is 9.11. The molecule has 0 saturated heterocycles. The Morgan fingerprint density at radius 2 is 2.00 bits per heavy atom. The maximum atomic E-state index is 6.02. The van der Waals surface area contributed by atoms with Gasteiger partial charge in [0.05, 0.1) is 8.12 Å². The molecule has 62 valence electrons. The van der Waals surface area contributed by atoms with E-state index >= 15 is 0 Å². The van der Waals surface area contributed by atoms with Gasteiger partial charge < -0.3 is 0 Å². The summed E-state index contributed by atoms with van der Waals surface area (Å²) in [5, 5.41) is 0. The van der Waals surface area contributed by atoms with Crippen LogP contribution in [0.1, 0.15) is 26.3 Å². The van der Waals surface area contributed by atoms with Crippen LogP contribution < -0.4 is 0 Å². The van der Waals surface area contributed by atoms with Gasteiger partial charge in [-0.15, -0.1) is 11.3 Å². The number of hydrogen-bond acceptors (Lipinski definition) is 1. The zero-order valence-corrected chi connectivity index (χ0v) is 9.90. The summed E-state index contributed by atoms with van der Waals surface area (Å²) in [4.78, 5) is 0. The molecule has 0 bridgehead atoms. The number of hydrogen-bond donors (Lipinski definition) is 0. The number of halogens is 2. The van der Waals surface area contributed by atoms with Gasteiger partial charge in [0, 0.05) is 0 Å². The molecule has 3 heteroatoms. The lowest BCUT2D eigenvalue weighted by Crippen LogP contribution is -2.09. The minimum atomic E-state index is 0.152. The van der Waals surface area contributed by atoms with Crippen LogP contribution in [-0.4, -0.2) is 0 Å². The van der Waals surface area contributed by atoms with Gasteiger partial charge in [0.2, 0.25) is 0 Å². The molecule has 0 aromatic carbocycles. The molecule has 1 aromatic heterocycles. The Balaban J connectivity index is 3.13. The molecule has 0 saturated carbocycles. The van der Waals surface area contributed by atoms with E-state index in [4.69, 9.17) is 11.6 Å². The second kappa shape index (κ2) is 3.08. The molecule has 1 heterocycles. The van der Waals surface area contributed by atoms with E-state index in [1.807, 2.05) is 0 Å². The summed E-state index contributed by atoms with van der Waals surface area (Å²) >= 11 is 11.0. The molecule has 0 aliphatic heterocycles. The van der Waals surface area contributed by atoms with Crippen LogP contribution in [0.5, 0.6) is 0 Å². The second-order valence-electron chi connectivity index (χ2n) is 3.49. The Labute approximate surface area is 84.7 Å². The van der Waals surface area contributed by atoms with Crippen molar-refractivity contribution in [1.82, 2.24) is 0 Å². The Bertz CT molecular complexity index is 260. The average Bonchev–Trinajstić information content (AvgIpc) is 2.08. The highest BCUT2D eigenvalue weighted by Crippen LogP contribution is 2.38. The summed E-state index contributed by atoms with van der Waals surface area (Å²) < 4.78 is 2.00. The highest BCUT2D eigenvalue weighted by atomic mass is 79.9. The molecular formula is C8H10BrClS. The average molecular weight is 254 g/mol. The maximum Gasteiger partial charge on any atom is 0.0977 e. The quantitative estimate of drug-likeness (QED) is 0.640. The molecule has 0 aliphatic carbocycles. The fourth-order valence-corrected chi connectivity index (χ4v) is 3.26. The molecule has 1 rings (SSSR count). The van der Waals surface area contributed by atoms with Crippen molar-refractivity contribution in [2.45, 2.75) is 26.2 Å². The number of thiophene rings is 1. The fraction of sp³-hybridized carbons (Fsp3) is 0.500. The van der Waals surface area contributed by atoms with E-state index in [0.717, 1.165) is 8.12 Å². The van der Waals surface area contributed by atoms with Gasteiger partial charge >= 0.3 is 0 Å². The molecule has 0 N–H and O–H groups in total. The summed E-state index contributed by atoms with van der Waals surface area (Å²) in [6.07, 6.45) is 0. The molecule has 1 aromatic rings. The fourth-order valence-electron chi connectivity index (χ4n) is 0.852. The lowest BCUT2D eigenvalue weighted by Gasteiger charge is -2.16. The van der Waals surface area contributed by atoms with Crippen LogP contribution >= 0.6 is 38.9 Å². The Morgan fingerprint density at radius 3 is 2.18 bits per heavy atom. The van der Waals surface area contributed by atoms with Gasteiger partial charge in [-0.25, -0.2) is 0 Å². The van der Waals surface area contributed by atoms with Crippen LogP contribution in [-0.2, 0) is 5.41 Å². The zero-order chi connectivity index (χ0) is 8.65. The van der Waals surface area contributed by atoms with Crippen LogP contribution in [0.15, 0.2) is 9.85 Å². The normalized spacial score (nSPS) is 12.1. The zero-order valence-electron chi connectivity index (χ0n) is 6.74. The van der Waals surface area contributed by atoms with Gasteiger partial charge in [-0.2, -0.15) is 0 Å². The van der Waals surface area contributed by atoms with E-state index in [9.17, 15) is 0 Å². The van der Waals surface area contributed by atoms with E-state index in [-0.39, 0.29) is 5.41 Å². The summed E-state index contributed by atoms with van der Waals surface area (Å²) in [6, 6.07) is 2.09. The SMILES string of the molecule is CC(C)(C)c1cc(Br)sc1Cl. The van der Waals surface area contributed by atoms with E-state index in [1.165, 1.54) is 5.56 Å². The van der Waals surface area contributed by atoms with E-state index in [1.54, 1.807) is 11.3 Å². The first-order chi connectivity index (χ1) is 4.91. The number of rotatable bonds is 0.